The number of rotatable bonds is 4. The average molecular weight is 258 g/mol. The molecule has 0 aliphatic heterocycles. The molecule has 14 heavy (non-hydrogen) atoms. The largest absolute Gasteiger partial charge is 0.330 e. The molecule has 0 aliphatic rings. The molecule has 3 nitrogen and oxygen atoms in total. The second kappa shape index (κ2) is 5.41. The summed E-state index contributed by atoms with van der Waals surface area (Å²) in [6, 6.07) is 0. The van der Waals surface area contributed by atoms with Gasteiger partial charge in [-0.3, -0.25) is 0 Å². The molecule has 0 atom stereocenters. The molecule has 0 radical (unpaired) electrons. The van der Waals surface area contributed by atoms with E-state index in [2.05, 4.69) is 39.7 Å². The smallest absolute Gasteiger partial charge is 0.129 e. The van der Waals surface area contributed by atoms with Gasteiger partial charge in [0.05, 0.1) is 0 Å². The van der Waals surface area contributed by atoms with Gasteiger partial charge in [0.25, 0.3) is 0 Å². The minimum atomic E-state index is 0.585. The SMILES string of the molecule is CC(C)Cc1ncc(CCN)c(Br)n1. The van der Waals surface area contributed by atoms with E-state index in [4.69, 9.17) is 5.73 Å². The molecule has 0 saturated carbocycles. The van der Waals surface area contributed by atoms with Gasteiger partial charge in [-0.15, -0.1) is 0 Å². The summed E-state index contributed by atoms with van der Waals surface area (Å²) in [5, 5.41) is 0. The number of halogens is 1. The van der Waals surface area contributed by atoms with Gasteiger partial charge in [-0.2, -0.15) is 0 Å². The van der Waals surface area contributed by atoms with Crippen LogP contribution in [0.5, 0.6) is 0 Å². The van der Waals surface area contributed by atoms with Crippen molar-refractivity contribution in [3.63, 3.8) is 0 Å². The lowest BCUT2D eigenvalue weighted by atomic mass is 10.1. The number of nitrogens with two attached hydrogens (primary N) is 1. The van der Waals surface area contributed by atoms with Crippen LogP contribution in [0.3, 0.4) is 0 Å². The quantitative estimate of drug-likeness (QED) is 0.839. The van der Waals surface area contributed by atoms with Gasteiger partial charge in [-0.1, -0.05) is 13.8 Å². The monoisotopic (exact) mass is 257 g/mol. The average Bonchev–Trinajstić information content (AvgIpc) is 2.09. The van der Waals surface area contributed by atoms with Crippen LogP contribution in [0.2, 0.25) is 0 Å². The van der Waals surface area contributed by atoms with Crippen LogP contribution in [0.1, 0.15) is 25.2 Å². The second-order valence-corrected chi connectivity index (χ2v) is 4.49. The summed E-state index contributed by atoms with van der Waals surface area (Å²) < 4.78 is 0.883. The lowest BCUT2D eigenvalue weighted by molar-refractivity contribution is 0.618. The molecule has 1 rings (SSSR count). The maximum atomic E-state index is 5.47. The molecule has 0 amide bonds. The molecule has 4 heteroatoms. The van der Waals surface area contributed by atoms with Crippen LogP contribution in [0, 0.1) is 5.92 Å². The summed E-state index contributed by atoms with van der Waals surface area (Å²) in [5.74, 6) is 1.48. The zero-order valence-corrected chi connectivity index (χ0v) is 10.2. The van der Waals surface area contributed by atoms with Crippen LogP contribution < -0.4 is 5.73 Å². The van der Waals surface area contributed by atoms with Gasteiger partial charge in [0, 0.05) is 18.2 Å². The molecule has 1 aromatic heterocycles. The molecule has 0 saturated heterocycles. The van der Waals surface area contributed by atoms with Gasteiger partial charge in [-0.05, 0) is 34.8 Å². The van der Waals surface area contributed by atoms with Crippen molar-refractivity contribution in [3.05, 3.63) is 22.2 Å². The van der Waals surface area contributed by atoms with Crippen LogP contribution in [0.4, 0.5) is 0 Å². The molecule has 1 heterocycles. The van der Waals surface area contributed by atoms with Crippen LogP contribution in [-0.4, -0.2) is 16.5 Å². The molecular formula is C10H16BrN3. The highest BCUT2D eigenvalue weighted by molar-refractivity contribution is 9.10. The van der Waals surface area contributed by atoms with Gasteiger partial charge in [-0.25, -0.2) is 9.97 Å². The van der Waals surface area contributed by atoms with Gasteiger partial charge in [0.1, 0.15) is 10.4 Å². The molecule has 0 aliphatic carbocycles. The van der Waals surface area contributed by atoms with Crippen molar-refractivity contribution in [2.24, 2.45) is 11.7 Å². The third kappa shape index (κ3) is 3.35. The molecule has 0 fully saturated rings. The van der Waals surface area contributed by atoms with E-state index in [1.165, 1.54) is 0 Å². The van der Waals surface area contributed by atoms with Crippen LogP contribution in [0.15, 0.2) is 10.8 Å². The lowest BCUT2D eigenvalue weighted by Gasteiger charge is -2.06. The maximum absolute atomic E-state index is 5.47. The molecule has 78 valence electrons. The fourth-order valence-electron chi connectivity index (χ4n) is 1.21. The Kier molecular flexibility index (Phi) is 4.48. The molecule has 1 aromatic rings. The normalized spacial score (nSPS) is 10.9. The first kappa shape index (κ1) is 11.6. The van der Waals surface area contributed by atoms with E-state index in [0.717, 1.165) is 28.8 Å². The molecule has 0 spiro atoms. The van der Waals surface area contributed by atoms with E-state index in [1.807, 2.05) is 6.20 Å². The molecular weight excluding hydrogens is 242 g/mol. The first-order valence-corrected chi connectivity index (χ1v) is 5.63. The van der Waals surface area contributed by atoms with Crippen molar-refractivity contribution in [3.8, 4) is 0 Å². The fraction of sp³-hybridized carbons (Fsp3) is 0.600. The van der Waals surface area contributed by atoms with E-state index >= 15 is 0 Å². The fourth-order valence-corrected chi connectivity index (χ4v) is 1.71. The molecule has 2 N–H and O–H groups in total. The lowest BCUT2D eigenvalue weighted by Crippen LogP contribution is -2.07. The van der Waals surface area contributed by atoms with Gasteiger partial charge in [0.15, 0.2) is 0 Å². The summed E-state index contributed by atoms with van der Waals surface area (Å²) in [7, 11) is 0. The Morgan fingerprint density at radius 2 is 2.21 bits per heavy atom. The standard InChI is InChI=1S/C10H16BrN3/c1-7(2)5-9-13-6-8(3-4-12)10(11)14-9/h6-7H,3-5,12H2,1-2H3. The predicted molar refractivity (Wildman–Crippen MR) is 61.0 cm³/mol. The topological polar surface area (TPSA) is 51.8 Å². The summed E-state index contributed by atoms with van der Waals surface area (Å²) in [6.45, 7) is 4.95. The third-order valence-corrected chi connectivity index (χ3v) is 2.55. The molecule has 0 unspecified atom stereocenters. The highest BCUT2D eigenvalue weighted by Gasteiger charge is 2.05. The highest BCUT2D eigenvalue weighted by atomic mass is 79.9. The van der Waals surface area contributed by atoms with Gasteiger partial charge < -0.3 is 5.73 Å². The van der Waals surface area contributed by atoms with Gasteiger partial charge >= 0.3 is 0 Å². The van der Waals surface area contributed by atoms with E-state index in [-0.39, 0.29) is 0 Å². The van der Waals surface area contributed by atoms with Crippen molar-refractivity contribution < 1.29 is 0 Å². The van der Waals surface area contributed by atoms with Crippen molar-refractivity contribution >= 4 is 15.9 Å². The summed E-state index contributed by atoms with van der Waals surface area (Å²) in [5.41, 5.74) is 6.56. The van der Waals surface area contributed by atoms with E-state index in [1.54, 1.807) is 0 Å². The Bertz CT molecular complexity index is 299. The van der Waals surface area contributed by atoms with E-state index in [9.17, 15) is 0 Å². The van der Waals surface area contributed by atoms with Crippen LogP contribution >= 0.6 is 15.9 Å². The zero-order chi connectivity index (χ0) is 10.6. The van der Waals surface area contributed by atoms with Gasteiger partial charge in [0.2, 0.25) is 0 Å². The second-order valence-electron chi connectivity index (χ2n) is 3.74. The Morgan fingerprint density at radius 1 is 1.50 bits per heavy atom. The third-order valence-electron chi connectivity index (χ3n) is 1.87. The minimum Gasteiger partial charge on any atom is -0.330 e. The zero-order valence-electron chi connectivity index (χ0n) is 8.63. The summed E-state index contributed by atoms with van der Waals surface area (Å²) >= 11 is 3.43. The first-order chi connectivity index (χ1) is 6.63. The summed E-state index contributed by atoms with van der Waals surface area (Å²) in [4.78, 5) is 8.68. The first-order valence-electron chi connectivity index (χ1n) is 4.83. The Balaban J connectivity index is 2.78. The van der Waals surface area contributed by atoms with Crippen LogP contribution in [0.25, 0.3) is 0 Å². The van der Waals surface area contributed by atoms with E-state index < -0.39 is 0 Å². The number of nitrogens with zero attached hydrogens (tertiary/aromatic N) is 2. The Labute approximate surface area is 93.3 Å². The summed E-state index contributed by atoms with van der Waals surface area (Å²) in [6.07, 6.45) is 3.60. The number of hydrogen-bond acceptors (Lipinski definition) is 3. The van der Waals surface area contributed by atoms with Crippen molar-refractivity contribution in [1.82, 2.24) is 9.97 Å². The molecule has 0 aromatic carbocycles. The van der Waals surface area contributed by atoms with Crippen LogP contribution in [-0.2, 0) is 12.8 Å². The highest BCUT2D eigenvalue weighted by Crippen LogP contribution is 2.14. The van der Waals surface area contributed by atoms with Crippen molar-refractivity contribution in [2.75, 3.05) is 6.54 Å². The van der Waals surface area contributed by atoms with Crippen molar-refractivity contribution in [2.45, 2.75) is 26.7 Å². The Hall–Kier alpha value is -0.480. The minimum absolute atomic E-state index is 0.585. The number of hydrogen-bond donors (Lipinski definition) is 1. The van der Waals surface area contributed by atoms with Crippen molar-refractivity contribution in [1.29, 1.82) is 0 Å². The number of aromatic nitrogens is 2. The predicted octanol–water partition coefficient (Wildman–Crippen LogP) is 1.94. The molecule has 0 bridgehead atoms. The maximum Gasteiger partial charge on any atom is 0.129 e. The van der Waals surface area contributed by atoms with E-state index in [0.29, 0.717) is 12.5 Å². The Morgan fingerprint density at radius 3 is 2.71 bits per heavy atom.